The van der Waals surface area contributed by atoms with Crippen molar-refractivity contribution in [2.45, 2.75) is 39.7 Å². The van der Waals surface area contributed by atoms with Crippen molar-refractivity contribution in [3.05, 3.63) is 29.3 Å². The molecular weight excluding hydrogens is 268 g/mol. The summed E-state index contributed by atoms with van der Waals surface area (Å²) in [6.45, 7) is 6.66. The molecule has 1 unspecified atom stereocenters. The van der Waals surface area contributed by atoms with Crippen LogP contribution in [-0.4, -0.2) is 29.6 Å². The van der Waals surface area contributed by atoms with Crippen LogP contribution < -0.4 is 10.6 Å². The second-order valence-electron chi connectivity index (χ2n) is 6.54. The molecule has 1 amide bonds. The van der Waals surface area contributed by atoms with Gasteiger partial charge in [-0.1, -0.05) is 26.8 Å². The Labute approximate surface area is 124 Å². The summed E-state index contributed by atoms with van der Waals surface area (Å²) in [7, 11) is 0. The van der Waals surface area contributed by atoms with Gasteiger partial charge in [-0.25, -0.2) is 0 Å². The Morgan fingerprint density at radius 3 is 2.71 bits per heavy atom. The van der Waals surface area contributed by atoms with Crippen LogP contribution in [0.15, 0.2) is 18.2 Å². The Bertz CT molecular complexity index is 561. The molecule has 1 aromatic rings. The fourth-order valence-electron chi connectivity index (χ4n) is 2.42. The van der Waals surface area contributed by atoms with Gasteiger partial charge in [-0.2, -0.15) is 0 Å². The normalized spacial score (nSPS) is 15.0. The lowest BCUT2D eigenvalue weighted by atomic mass is 9.84. The molecule has 3 N–H and O–H groups in total. The molecule has 5 heteroatoms. The highest BCUT2D eigenvalue weighted by molar-refractivity contribution is 5.96. The van der Waals surface area contributed by atoms with Crippen molar-refractivity contribution in [1.29, 1.82) is 0 Å². The number of benzene rings is 1. The minimum absolute atomic E-state index is 0.0849. The molecule has 1 aliphatic heterocycles. The third-order valence-corrected chi connectivity index (χ3v) is 3.81. The third kappa shape index (κ3) is 3.74. The molecule has 0 saturated heterocycles. The van der Waals surface area contributed by atoms with Crippen LogP contribution >= 0.6 is 0 Å². The minimum atomic E-state index is -0.911. The van der Waals surface area contributed by atoms with Gasteiger partial charge in [-0.3, -0.25) is 9.59 Å². The van der Waals surface area contributed by atoms with Crippen molar-refractivity contribution < 1.29 is 14.7 Å². The van der Waals surface area contributed by atoms with E-state index in [2.05, 4.69) is 10.6 Å². The zero-order valence-corrected chi connectivity index (χ0v) is 12.7. The smallest absolute Gasteiger partial charge is 0.305 e. The van der Waals surface area contributed by atoms with Crippen molar-refractivity contribution >= 4 is 17.6 Å². The summed E-state index contributed by atoms with van der Waals surface area (Å²) >= 11 is 0. The topological polar surface area (TPSA) is 78.4 Å². The predicted octanol–water partition coefficient (Wildman–Crippen LogP) is 2.27. The molecule has 21 heavy (non-hydrogen) atoms. The molecule has 0 radical (unpaired) electrons. The lowest BCUT2D eigenvalue weighted by Crippen LogP contribution is -2.45. The molecule has 5 nitrogen and oxygen atoms in total. The Morgan fingerprint density at radius 2 is 2.10 bits per heavy atom. The van der Waals surface area contributed by atoms with Gasteiger partial charge in [0.25, 0.3) is 5.91 Å². The number of amides is 1. The van der Waals surface area contributed by atoms with Gasteiger partial charge in [0.1, 0.15) is 0 Å². The first-order valence-corrected chi connectivity index (χ1v) is 7.17. The van der Waals surface area contributed by atoms with E-state index in [1.54, 1.807) is 6.07 Å². The van der Waals surface area contributed by atoms with E-state index in [1.807, 2.05) is 32.9 Å². The number of rotatable bonds is 4. The maximum absolute atomic E-state index is 12.4. The summed E-state index contributed by atoms with van der Waals surface area (Å²) in [4.78, 5) is 23.3. The molecule has 114 valence electrons. The number of hydrogen-bond acceptors (Lipinski definition) is 3. The zero-order valence-electron chi connectivity index (χ0n) is 12.7. The number of anilines is 1. The maximum Gasteiger partial charge on any atom is 0.305 e. The van der Waals surface area contributed by atoms with E-state index in [1.165, 1.54) is 5.56 Å². The SMILES string of the molecule is CC(C)(C)C(CC(=O)O)NC(=O)c1ccc2c(c1)NCC2. The van der Waals surface area contributed by atoms with Gasteiger partial charge in [-0.05, 0) is 29.5 Å². The highest BCUT2D eigenvalue weighted by atomic mass is 16.4. The summed E-state index contributed by atoms with van der Waals surface area (Å²) in [6, 6.07) is 5.16. The summed E-state index contributed by atoms with van der Waals surface area (Å²) < 4.78 is 0. The van der Waals surface area contributed by atoms with E-state index < -0.39 is 12.0 Å². The second-order valence-corrected chi connectivity index (χ2v) is 6.54. The largest absolute Gasteiger partial charge is 0.481 e. The van der Waals surface area contributed by atoms with E-state index in [0.717, 1.165) is 18.7 Å². The summed E-state index contributed by atoms with van der Waals surface area (Å²) in [6.07, 6.45) is 0.888. The van der Waals surface area contributed by atoms with Crippen LogP contribution in [0.3, 0.4) is 0 Å². The van der Waals surface area contributed by atoms with Crippen molar-refractivity contribution in [1.82, 2.24) is 5.32 Å². The quantitative estimate of drug-likeness (QED) is 0.795. The van der Waals surface area contributed by atoms with Crippen molar-refractivity contribution in [2.24, 2.45) is 5.41 Å². The first kappa shape index (κ1) is 15.4. The lowest BCUT2D eigenvalue weighted by molar-refractivity contribution is -0.138. The number of carboxylic acids is 1. The Kier molecular flexibility index (Phi) is 4.21. The second kappa shape index (κ2) is 5.76. The highest BCUT2D eigenvalue weighted by Gasteiger charge is 2.29. The Morgan fingerprint density at radius 1 is 1.38 bits per heavy atom. The number of carbonyl (C=O) groups excluding carboxylic acids is 1. The molecular formula is C16H22N2O3. The van der Waals surface area contributed by atoms with Gasteiger partial charge in [0, 0.05) is 23.8 Å². The van der Waals surface area contributed by atoms with Crippen molar-refractivity contribution in [2.75, 3.05) is 11.9 Å². The van der Waals surface area contributed by atoms with Crippen LogP contribution in [0.2, 0.25) is 0 Å². The van der Waals surface area contributed by atoms with Crippen LogP contribution in [0.5, 0.6) is 0 Å². The predicted molar refractivity (Wildman–Crippen MR) is 81.6 cm³/mol. The van der Waals surface area contributed by atoms with E-state index in [4.69, 9.17) is 5.11 Å². The monoisotopic (exact) mass is 290 g/mol. The van der Waals surface area contributed by atoms with Crippen LogP contribution in [0.25, 0.3) is 0 Å². The number of hydrogen-bond donors (Lipinski definition) is 3. The van der Waals surface area contributed by atoms with Gasteiger partial charge in [0.05, 0.1) is 6.42 Å². The molecule has 0 fully saturated rings. The molecule has 0 aromatic heterocycles. The van der Waals surface area contributed by atoms with Crippen LogP contribution in [0.1, 0.15) is 43.1 Å². The van der Waals surface area contributed by atoms with E-state index in [9.17, 15) is 9.59 Å². The zero-order chi connectivity index (χ0) is 15.6. The minimum Gasteiger partial charge on any atom is -0.481 e. The standard InChI is InChI=1S/C16H22N2O3/c1-16(2,3)13(9-14(19)20)18-15(21)11-5-4-10-6-7-17-12(10)8-11/h4-5,8,13,17H,6-7,9H2,1-3H3,(H,18,21)(H,19,20). The molecule has 0 saturated carbocycles. The number of nitrogens with one attached hydrogen (secondary N) is 2. The molecule has 0 spiro atoms. The Balaban J connectivity index is 2.13. The lowest BCUT2D eigenvalue weighted by Gasteiger charge is -2.30. The maximum atomic E-state index is 12.4. The van der Waals surface area contributed by atoms with Crippen LogP contribution in [0, 0.1) is 5.41 Å². The van der Waals surface area contributed by atoms with Crippen molar-refractivity contribution in [3.63, 3.8) is 0 Å². The van der Waals surface area contributed by atoms with Gasteiger partial charge in [0.15, 0.2) is 0 Å². The highest BCUT2D eigenvalue weighted by Crippen LogP contribution is 2.25. The molecule has 1 atom stereocenters. The van der Waals surface area contributed by atoms with E-state index in [-0.39, 0.29) is 17.7 Å². The fraction of sp³-hybridized carbons (Fsp3) is 0.500. The number of carbonyl (C=O) groups is 2. The summed E-state index contributed by atoms with van der Waals surface area (Å²) in [5.41, 5.74) is 2.45. The first-order valence-electron chi connectivity index (χ1n) is 7.17. The number of carboxylic acid groups (broad SMARTS) is 1. The van der Waals surface area contributed by atoms with Gasteiger partial charge in [-0.15, -0.1) is 0 Å². The summed E-state index contributed by atoms with van der Waals surface area (Å²) in [5.74, 6) is -1.14. The average molecular weight is 290 g/mol. The molecule has 1 heterocycles. The van der Waals surface area contributed by atoms with E-state index in [0.29, 0.717) is 5.56 Å². The molecule has 0 bridgehead atoms. The van der Waals surface area contributed by atoms with Gasteiger partial charge < -0.3 is 15.7 Å². The fourth-order valence-corrected chi connectivity index (χ4v) is 2.42. The van der Waals surface area contributed by atoms with Gasteiger partial charge >= 0.3 is 5.97 Å². The third-order valence-electron chi connectivity index (χ3n) is 3.81. The molecule has 2 rings (SSSR count). The molecule has 1 aliphatic rings. The first-order chi connectivity index (χ1) is 9.77. The molecule has 0 aliphatic carbocycles. The van der Waals surface area contributed by atoms with Crippen molar-refractivity contribution in [3.8, 4) is 0 Å². The Hall–Kier alpha value is -2.04. The number of fused-ring (bicyclic) bond motifs is 1. The van der Waals surface area contributed by atoms with E-state index >= 15 is 0 Å². The summed E-state index contributed by atoms with van der Waals surface area (Å²) in [5, 5.41) is 15.1. The van der Waals surface area contributed by atoms with Crippen LogP contribution in [-0.2, 0) is 11.2 Å². The van der Waals surface area contributed by atoms with Crippen LogP contribution in [0.4, 0.5) is 5.69 Å². The van der Waals surface area contributed by atoms with Gasteiger partial charge in [0.2, 0.25) is 0 Å². The number of aliphatic carboxylic acids is 1. The molecule has 1 aromatic carbocycles. The average Bonchev–Trinajstić information content (AvgIpc) is 2.83.